The van der Waals surface area contributed by atoms with Crippen LogP contribution in [-0.4, -0.2) is 42.7 Å². The van der Waals surface area contributed by atoms with Gasteiger partial charge in [-0.3, -0.25) is 4.79 Å². The number of esters is 1. The van der Waals surface area contributed by atoms with E-state index in [0.29, 0.717) is 23.8 Å². The normalized spacial score (nSPS) is 10.5. The van der Waals surface area contributed by atoms with Gasteiger partial charge in [0, 0.05) is 13.6 Å². The van der Waals surface area contributed by atoms with Crippen molar-refractivity contribution in [3.63, 3.8) is 0 Å². The number of benzene rings is 2. The summed E-state index contributed by atoms with van der Waals surface area (Å²) < 4.78 is 21.5. The van der Waals surface area contributed by atoms with Crippen LogP contribution in [0.5, 0.6) is 11.5 Å². The van der Waals surface area contributed by atoms with Gasteiger partial charge in [-0.1, -0.05) is 35.5 Å². The molecule has 3 aromatic rings. The second kappa shape index (κ2) is 10.5. The minimum atomic E-state index is -0.623. The topological polar surface area (TPSA) is 91.1 Å². The maximum atomic E-state index is 12.4. The van der Waals surface area contributed by atoms with Crippen molar-refractivity contribution < 1.29 is 28.3 Å². The van der Waals surface area contributed by atoms with Crippen molar-refractivity contribution in [1.82, 2.24) is 10.1 Å². The van der Waals surface area contributed by atoms with E-state index in [1.807, 2.05) is 44.2 Å². The van der Waals surface area contributed by atoms with E-state index in [2.05, 4.69) is 5.16 Å². The van der Waals surface area contributed by atoms with Crippen LogP contribution >= 0.6 is 0 Å². The maximum Gasteiger partial charge on any atom is 0.338 e. The van der Waals surface area contributed by atoms with Crippen molar-refractivity contribution in [2.75, 3.05) is 20.8 Å². The quantitative estimate of drug-likeness (QED) is 0.471. The number of nitrogens with zero attached hydrogens (tertiary/aromatic N) is 2. The molecule has 8 nitrogen and oxygen atoms in total. The van der Waals surface area contributed by atoms with Crippen molar-refractivity contribution in [3.05, 3.63) is 76.7 Å². The van der Waals surface area contributed by atoms with Crippen LogP contribution < -0.4 is 9.47 Å². The summed E-state index contributed by atoms with van der Waals surface area (Å²) in [5.41, 5.74) is 2.86. The van der Waals surface area contributed by atoms with Gasteiger partial charge >= 0.3 is 5.97 Å². The predicted molar refractivity (Wildman–Crippen MR) is 117 cm³/mol. The summed E-state index contributed by atoms with van der Waals surface area (Å²) in [5.74, 6) is 0.598. The molecule has 168 valence electrons. The molecule has 0 saturated carbocycles. The number of carbonyl (C=O) groups excluding carboxylic acids is 2. The second-order valence-corrected chi connectivity index (χ2v) is 7.27. The van der Waals surface area contributed by atoms with Crippen molar-refractivity contribution in [2.24, 2.45) is 0 Å². The monoisotopic (exact) mass is 438 g/mol. The van der Waals surface area contributed by atoms with Crippen LogP contribution in [0, 0.1) is 13.8 Å². The Kier molecular flexibility index (Phi) is 7.49. The zero-order valence-corrected chi connectivity index (χ0v) is 18.6. The average Bonchev–Trinajstić information content (AvgIpc) is 3.13. The summed E-state index contributed by atoms with van der Waals surface area (Å²) >= 11 is 0. The third kappa shape index (κ3) is 5.66. The Hall–Kier alpha value is -3.81. The Morgan fingerprint density at radius 1 is 1.06 bits per heavy atom. The Morgan fingerprint density at radius 2 is 1.81 bits per heavy atom. The molecular formula is C24H26N2O6. The van der Waals surface area contributed by atoms with Crippen molar-refractivity contribution in [1.29, 1.82) is 0 Å². The van der Waals surface area contributed by atoms with E-state index in [-0.39, 0.29) is 24.7 Å². The lowest BCUT2D eigenvalue weighted by Gasteiger charge is -2.17. The largest absolute Gasteiger partial charge is 0.493 e. The van der Waals surface area contributed by atoms with Gasteiger partial charge in [-0.05, 0) is 37.6 Å². The molecule has 0 fully saturated rings. The van der Waals surface area contributed by atoms with E-state index >= 15 is 0 Å². The van der Waals surface area contributed by atoms with Gasteiger partial charge in [-0.2, -0.15) is 0 Å². The van der Waals surface area contributed by atoms with E-state index in [0.717, 1.165) is 16.8 Å². The van der Waals surface area contributed by atoms with E-state index < -0.39 is 5.97 Å². The lowest BCUT2D eigenvalue weighted by atomic mass is 10.2. The Labute approximate surface area is 186 Å². The molecule has 0 unspecified atom stereocenters. The van der Waals surface area contributed by atoms with Gasteiger partial charge in [0.05, 0.1) is 23.9 Å². The fraction of sp³-hybridized carbons (Fsp3) is 0.292. The number of hydrogen-bond donors (Lipinski definition) is 0. The van der Waals surface area contributed by atoms with Gasteiger partial charge in [0.2, 0.25) is 0 Å². The first-order valence-electron chi connectivity index (χ1n) is 10.1. The highest BCUT2D eigenvalue weighted by atomic mass is 16.5. The molecule has 0 aliphatic heterocycles. The molecule has 0 saturated heterocycles. The minimum absolute atomic E-state index is 0.254. The zero-order valence-electron chi connectivity index (χ0n) is 18.6. The summed E-state index contributed by atoms with van der Waals surface area (Å²) in [6, 6.07) is 14.3. The summed E-state index contributed by atoms with van der Waals surface area (Å²) in [6.45, 7) is 3.98. The summed E-state index contributed by atoms with van der Waals surface area (Å²) in [6.07, 6.45) is 0. The van der Waals surface area contributed by atoms with Gasteiger partial charge < -0.3 is 23.6 Å². The van der Waals surface area contributed by atoms with Gasteiger partial charge in [0.25, 0.3) is 5.91 Å². The minimum Gasteiger partial charge on any atom is -0.493 e. The highest BCUT2D eigenvalue weighted by Crippen LogP contribution is 2.29. The second-order valence-electron chi connectivity index (χ2n) is 7.27. The molecule has 8 heteroatoms. The van der Waals surface area contributed by atoms with Crippen LogP contribution in [0.4, 0.5) is 0 Å². The molecule has 32 heavy (non-hydrogen) atoms. The molecule has 1 aromatic heterocycles. The van der Waals surface area contributed by atoms with Crippen LogP contribution in [0.25, 0.3) is 0 Å². The van der Waals surface area contributed by atoms with Gasteiger partial charge in [0.1, 0.15) is 12.4 Å². The van der Waals surface area contributed by atoms with Crippen molar-refractivity contribution in [3.8, 4) is 11.5 Å². The van der Waals surface area contributed by atoms with E-state index in [1.165, 1.54) is 18.1 Å². The highest BCUT2D eigenvalue weighted by Gasteiger charge is 2.17. The van der Waals surface area contributed by atoms with Crippen LogP contribution in [0.1, 0.15) is 32.9 Å². The molecule has 0 radical (unpaired) electrons. The SMILES string of the molecule is COc1cc(C(=O)OCC(=O)N(C)Cc2ccccc2)ccc1OCc1c(C)noc1C. The molecule has 0 bridgehead atoms. The van der Waals surface area contributed by atoms with Crippen LogP contribution in [0.3, 0.4) is 0 Å². The van der Waals surface area contributed by atoms with Crippen molar-refractivity contribution >= 4 is 11.9 Å². The fourth-order valence-corrected chi connectivity index (χ4v) is 3.04. The number of carbonyl (C=O) groups is 2. The Balaban J connectivity index is 1.57. The first-order valence-corrected chi connectivity index (χ1v) is 10.1. The van der Waals surface area contributed by atoms with Crippen LogP contribution in [-0.2, 0) is 22.7 Å². The smallest absolute Gasteiger partial charge is 0.338 e. The van der Waals surface area contributed by atoms with Crippen LogP contribution in [0.15, 0.2) is 53.1 Å². The summed E-state index contributed by atoms with van der Waals surface area (Å²) in [7, 11) is 3.15. The molecule has 0 N–H and O–H groups in total. The first-order chi connectivity index (χ1) is 15.4. The van der Waals surface area contributed by atoms with E-state index in [4.69, 9.17) is 18.7 Å². The zero-order chi connectivity index (χ0) is 23.1. The standard InChI is InChI=1S/C24H26N2O6/c1-16-20(17(2)32-25-16)14-30-21-11-10-19(12-22(21)29-4)24(28)31-15-23(27)26(3)13-18-8-6-5-7-9-18/h5-12H,13-15H2,1-4H3. The highest BCUT2D eigenvalue weighted by molar-refractivity contribution is 5.92. The van der Waals surface area contributed by atoms with Gasteiger partial charge in [0.15, 0.2) is 18.1 Å². The summed E-state index contributed by atoms with van der Waals surface area (Å²) in [4.78, 5) is 26.2. The maximum absolute atomic E-state index is 12.4. The molecule has 0 atom stereocenters. The van der Waals surface area contributed by atoms with Crippen molar-refractivity contribution in [2.45, 2.75) is 27.0 Å². The third-order valence-electron chi connectivity index (χ3n) is 4.97. The average molecular weight is 438 g/mol. The molecule has 0 spiro atoms. The first kappa shape index (κ1) is 22.9. The third-order valence-corrected chi connectivity index (χ3v) is 4.97. The number of aryl methyl sites for hydroxylation is 2. The number of amides is 1. The van der Waals surface area contributed by atoms with Crippen LogP contribution in [0.2, 0.25) is 0 Å². The Bertz CT molecular complexity index is 1060. The number of aromatic nitrogens is 1. The molecule has 3 rings (SSSR count). The lowest BCUT2D eigenvalue weighted by molar-refractivity contribution is -0.133. The number of rotatable bonds is 9. The number of hydrogen-bond acceptors (Lipinski definition) is 7. The van der Waals surface area contributed by atoms with Gasteiger partial charge in [-0.25, -0.2) is 4.79 Å². The summed E-state index contributed by atoms with van der Waals surface area (Å²) in [5, 5.41) is 3.90. The Morgan fingerprint density at radius 3 is 2.47 bits per heavy atom. The molecule has 1 amide bonds. The van der Waals surface area contributed by atoms with Gasteiger partial charge in [-0.15, -0.1) is 0 Å². The van der Waals surface area contributed by atoms with E-state index in [1.54, 1.807) is 19.2 Å². The number of likely N-dealkylation sites (N-methyl/N-ethyl adjacent to an activating group) is 1. The molecular weight excluding hydrogens is 412 g/mol. The molecule has 1 heterocycles. The predicted octanol–water partition coefficient (Wildman–Crippen LogP) is 3.69. The molecule has 2 aromatic carbocycles. The molecule has 0 aliphatic rings. The van der Waals surface area contributed by atoms with E-state index in [9.17, 15) is 9.59 Å². The number of ether oxygens (including phenoxy) is 3. The fourth-order valence-electron chi connectivity index (χ4n) is 3.04. The molecule has 0 aliphatic carbocycles. The number of methoxy groups -OCH3 is 1. The lowest BCUT2D eigenvalue weighted by Crippen LogP contribution is -2.30.